The molecule has 0 aromatic carbocycles. The summed E-state index contributed by atoms with van der Waals surface area (Å²) in [6, 6.07) is 0.161. The Labute approximate surface area is 218 Å². The summed E-state index contributed by atoms with van der Waals surface area (Å²) in [6.07, 6.45) is 7.81. The van der Waals surface area contributed by atoms with Crippen molar-refractivity contribution < 1.29 is 28.9 Å². The van der Waals surface area contributed by atoms with Gasteiger partial charge in [0.15, 0.2) is 17.3 Å². The van der Waals surface area contributed by atoms with Crippen LogP contribution in [0.15, 0.2) is 11.8 Å². The lowest BCUT2D eigenvalue weighted by molar-refractivity contribution is -0.154. The van der Waals surface area contributed by atoms with Gasteiger partial charge in [-0.15, -0.1) is 0 Å². The van der Waals surface area contributed by atoms with Gasteiger partial charge in [0.1, 0.15) is 6.61 Å². The Kier molecular flexibility index (Phi) is 9.88. The fourth-order valence-electron chi connectivity index (χ4n) is 4.83. The summed E-state index contributed by atoms with van der Waals surface area (Å²) in [5.41, 5.74) is 0.709. The summed E-state index contributed by atoms with van der Waals surface area (Å²) < 4.78 is 16.9. The molecule has 37 heavy (non-hydrogen) atoms. The van der Waals surface area contributed by atoms with Gasteiger partial charge in [-0.05, 0) is 66.2 Å². The third kappa shape index (κ3) is 7.66. The molecule has 1 aromatic heterocycles. The first-order valence-corrected chi connectivity index (χ1v) is 13.1. The molecule has 2 atom stereocenters. The molecule has 10 heteroatoms. The van der Waals surface area contributed by atoms with Crippen LogP contribution in [0.4, 0.5) is 4.79 Å². The summed E-state index contributed by atoms with van der Waals surface area (Å²) >= 11 is 0. The molecule has 1 heterocycles. The van der Waals surface area contributed by atoms with E-state index >= 15 is 0 Å². The number of ether oxygens (including phenoxy) is 3. The average Bonchev–Trinajstić information content (AvgIpc) is 3.39. The van der Waals surface area contributed by atoms with Crippen LogP contribution in [0, 0.1) is 18.3 Å². The van der Waals surface area contributed by atoms with Crippen LogP contribution in [0.3, 0.4) is 0 Å². The minimum absolute atomic E-state index is 0.0219. The molecule has 0 unspecified atom stereocenters. The van der Waals surface area contributed by atoms with E-state index in [1.165, 1.54) is 13.1 Å². The van der Waals surface area contributed by atoms with Crippen LogP contribution in [0.5, 0.6) is 5.75 Å². The van der Waals surface area contributed by atoms with Gasteiger partial charge in [-0.3, -0.25) is 4.79 Å². The van der Waals surface area contributed by atoms with E-state index in [1.54, 1.807) is 18.9 Å². The third-order valence-corrected chi connectivity index (χ3v) is 6.99. The van der Waals surface area contributed by atoms with E-state index < -0.39 is 6.09 Å². The molecule has 0 radical (unpaired) electrons. The highest BCUT2D eigenvalue weighted by molar-refractivity contribution is 6.01. The van der Waals surface area contributed by atoms with E-state index in [1.807, 2.05) is 13.8 Å². The molecule has 3 rings (SSSR count). The number of aliphatic hydroxyl groups excluding tert-OH is 1. The lowest BCUT2D eigenvalue weighted by atomic mass is 9.87. The number of carbonyl (C=O) groups excluding carboxylic acids is 2. The van der Waals surface area contributed by atoms with Crippen LogP contribution in [-0.4, -0.2) is 69.7 Å². The van der Waals surface area contributed by atoms with Crippen LogP contribution >= 0.6 is 0 Å². The highest BCUT2D eigenvalue weighted by Crippen LogP contribution is 2.30. The zero-order chi connectivity index (χ0) is 27.1. The summed E-state index contributed by atoms with van der Waals surface area (Å²) in [5, 5.41) is 18.9. The topological polar surface area (TPSA) is 135 Å². The number of hydrogen-bond acceptors (Lipinski definition) is 9. The maximum absolute atomic E-state index is 12.5. The zero-order valence-electron chi connectivity index (χ0n) is 22.6. The van der Waals surface area contributed by atoms with E-state index in [-0.39, 0.29) is 59.6 Å². The molecule has 2 aliphatic rings. The van der Waals surface area contributed by atoms with E-state index in [0.717, 1.165) is 44.9 Å². The lowest BCUT2D eigenvalue weighted by Gasteiger charge is -2.29. The van der Waals surface area contributed by atoms with Gasteiger partial charge in [0, 0.05) is 18.8 Å². The van der Waals surface area contributed by atoms with Gasteiger partial charge in [-0.25, -0.2) is 14.8 Å². The van der Waals surface area contributed by atoms with E-state index in [4.69, 9.17) is 19.6 Å². The van der Waals surface area contributed by atoms with E-state index in [9.17, 15) is 14.7 Å². The molecule has 0 saturated heterocycles. The van der Waals surface area contributed by atoms with Gasteiger partial charge >= 0.3 is 12.1 Å². The molecule has 2 fully saturated rings. The molecular weight excluding hydrogens is 476 g/mol. The molecule has 0 aliphatic heterocycles. The molecule has 1 amide bonds. The number of aliphatic hydroxyl groups is 1. The number of amides is 1. The first-order chi connectivity index (χ1) is 17.6. The number of carbonyl (C=O) groups is 2. The number of rotatable bonds is 9. The quantitative estimate of drug-likeness (QED) is 0.266. The van der Waals surface area contributed by atoms with E-state index in [0.29, 0.717) is 17.9 Å². The summed E-state index contributed by atoms with van der Waals surface area (Å²) in [6.45, 7) is 6.67. The smallest absolute Gasteiger partial charge is 0.410 e. The Bertz CT molecular complexity index is 1020. The Balaban J connectivity index is 1.66. The van der Waals surface area contributed by atoms with Crippen LogP contribution < -0.4 is 4.74 Å². The van der Waals surface area contributed by atoms with Gasteiger partial charge in [0.05, 0.1) is 35.6 Å². The Morgan fingerprint density at radius 2 is 1.89 bits per heavy atom. The molecule has 204 valence electrons. The SMILES string of the molecule is CC(=N)/C(COC(=O)N(C)C1CCCC1)=C(\O)c1ncc(O[C@H]2CCC[C@H](C(=O)OC(C)C)C2)c(C)n1. The maximum atomic E-state index is 12.5. The fraction of sp³-hybridized carbons (Fsp3) is 0.667. The molecule has 10 nitrogen and oxygen atoms in total. The monoisotopic (exact) mass is 516 g/mol. The summed E-state index contributed by atoms with van der Waals surface area (Å²) in [4.78, 5) is 35.0. The molecule has 0 spiro atoms. The van der Waals surface area contributed by atoms with Crippen LogP contribution in [-0.2, 0) is 14.3 Å². The first kappa shape index (κ1) is 28.4. The average molecular weight is 517 g/mol. The zero-order valence-corrected chi connectivity index (χ0v) is 22.6. The first-order valence-electron chi connectivity index (χ1n) is 13.1. The van der Waals surface area contributed by atoms with Gasteiger partial charge in [0.2, 0.25) is 0 Å². The summed E-state index contributed by atoms with van der Waals surface area (Å²) in [7, 11) is 1.71. The number of hydrogen-bond donors (Lipinski definition) is 2. The number of nitrogens with zero attached hydrogens (tertiary/aromatic N) is 3. The van der Waals surface area contributed by atoms with Gasteiger partial charge < -0.3 is 29.6 Å². The highest BCUT2D eigenvalue weighted by Gasteiger charge is 2.31. The fourth-order valence-corrected chi connectivity index (χ4v) is 4.83. The Morgan fingerprint density at radius 1 is 1.19 bits per heavy atom. The van der Waals surface area contributed by atoms with Crippen molar-refractivity contribution in [1.82, 2.24) is 14.9 Å². The van der Waals surface area contributed by atoms with Crippen molar-refractivity contribution in [1.29, 1.82) is 5.41 Å². The predicted molar refractivity (Wildman–Crippen MR) is 139 cm³/mol. The van der Waals surface area contributed by atoms with Crippen molar-refractivity contribution >= 4 is 23.5 Å². The minimum atomic E-state index is -0.484. The molecule has 1 aromatic rings. The Morgan fingerprint density at radius 3 is 2.51 bits per heavy atom. The Hall–Kier alpha value is -3.17. The molecule has 2 aliphatic carbocycles. The molecule has 2 N–H and O–H groups in total. The van der Waals surface area contributed by atoms with Crippen LogP contribution in [0.2, 0.25) is 0 Å². The van der Waals surface area contributed by atoms with Crippen molar-refractivity contribution in [2.75, 3.05) is 13.7 Å². The number of aromatic nitrogens is 2. The normalized spacial score (nSPS) is 20.8. The third-order valence-electron chi connectivity index (χ3n) is 6.99. The standard InChI is InChI=1S/C27H40N4O6/c1-16(2)36-26(33)19-9-8-12-21(13-19)37-23-14-29-25(30-18(23)4)24(32)22(17(3)28)15-35-27(34)31(5)20-10-6-7-11-20/h14,16,19-21,28,32H,6-13,15H2,1-5H3/b24-22-,28-17?/t19-,21-/m0/s1. The maximum Gasteiger partial charge on any atom is 0.410 e. The van der Waals surface area contributed by atoms with Crippen molar-refractivity contribution in [3.63, 3.8) is 0 Å². The largest absolute Gasteiger partial charge is 0.504 e. The molecular formula is C27H40N4O6. The number of aryl methyl sites for hydroxylation is 1. The van der Waals surface area contributed by atoms with Crippen LogP contribution in [0.1, 0.15) is 83.7 Å². The predicted octanol–water partition coefficient (Wildman–Crippen LogP) is 4.99. The lowest BCUT2D eigenvalue weighted by Crippen LogP contribution is -2.36. The van der Waals surface area contributed by atoms with Crippen molar-refractivity contribution in [3.05, 3.63) is 23.3 Å². The summed E-state index contributed by atoms with van der Waals surface area (Å²) in [5.74, 6) is -0.202. The van der Waals surface area contributed by atoms with Gasteiger partial charge in [-0.2, -0.15) is 0 Å². The van der Waals surface area contributed by atoms with Gasteiger partial charge in [-0.1, -0.05) is 12.8 Å². The van der Waals surface area contributed by atoms with Crippen LogP contribution in [0.25, 0.3) is 5.76 Å². The second kappa shape index (κ2) is 12.9. The minimum Gasteiger partial charge on any atom is -0.504 e. The second-order valence-electron chi connectivity index (χ2n) is 10.3. The van der Waals surface area contributed by atoms with Crippen molar-refractivity contribution in [2.45, 2.75) is 97.3 Å². The molecule has 2 saturated carbocycles. The second-order valence-corrected chi connectivity index (χ2v) is 10.3. The molecule has 0 bridgehead atoms. The number of nitrogens with one attached hydrogen (secondary N) is 1. The number of esters is 1. The van der Waals surface area contributed by atoms with E-state index in [2.05, 4.69) is 9.97 Å². The van der Waals surface area contributed by atoms with Gasteiger partial charge in [0.25, 0.3) is 0 Å². The highest BCUT2D eigenvalue weighted by atomic mass is 16.6. The van der Waals surface area contributed by atoms with Crippen molar-refractivity contribution in [2.24, 2.45) is 5.92 Å². The van der Waals surface area contributed by atoms with Crippen molar-refractivity contribution in [3.8, 4) is 5.75 Å².